The highest BCUT2D eigenvalue weighted by atomic mass is 32.2. The first kappa shape index (κ1) is 11.0. The fourth-order valence-corrected chi connectivity index (χ4v) is 2.07. The van der Waals surface area contributed by atoms with Crippen molar-refractivity contribution < 1.29 is 13.6 Å². The zero-order chi connectivity index (χ0) is 11.4. The summed E-state index contributed by atoms with van der Waals surface area (Å²) in [4.78, 5) is 10.9. The molecule has 1 aromatic heterocycles. The molecule has 1 aromatic carbocycles. The normalized spacial score (nSPS) is 10.3. The summed E-state index contributed by atoms with van der Waals surface area (Å²) in [7, 11) is 0. The Hall–Kier alpha value is -1.55. The summed E-state index contributed by atoms with van der Waals surface area (Å²) < 4.78 is 18.6. The summed E-state index contributed by atoms with van der Waals surface area (Å²) in [5.74, 6) is 0.995. The minimum atomic E-state index is -0.374. The molecule has 82 valence electrons. The fraction of sp³-hybridized carbons (Fsp3) is 0.0833. The third kappa shape index (κ3) is 2.52. The summed E-state index contributed by atoms with van der Waals surface area (Å²) in [6.07, 6.45) is 2.21. The van der Waals surface area contributed by atoms with E-state index in [-0.39, 0.29) is 5.82 Å². The smallest absolute Gasteiger partial charge is 0.150 e. The molecular weight excluding hydrogens is 227 g/mol. The molecule has 0 atom stereocenters. The number of hydrogen-bond donors (Lipinski definition) is 0. The van der Waals surface area contributed by atoms with Crippen LogP contribution in [-0.4, -0.2) is 6.29 Å². The van der Waals surface area contributed by atoms with Gasteiger partial charge >= 0.3 is 0 Å². The van der Waals surface area contributed by atoms with E-state index >= 15 is 0 Å². The second-order valence-electron chi connectivity index (χ2n) is 3.18. The van der Waals surface area contributed by atoms with E-state index in [9.17, 15) is 9.18 Å². The third-order valence-electron chi connectivity index (χ3n) is 2.04. The van der Waals surface area contributed by atoms with E-state index in [0.29, 0.717) is 22.5 Å². The van der Waals surface area contributed by atoms with E-state index in [1.807, 2.05) is 6.07 Å². The first-order valence-corrected chi connectivity index (χ1v) is 5.68. The van der Waals surface area contributed by atoms with Gasteiger partial charge in [0.15, 0.2) is 0 Å². The lowest BCUT2D eigenvalue weighted by molar-refractivity contribution is 0.112. The quantitative estimate of drug-likeness (QED) is 0.601. The number of hydrogen-bond acceptors (Lipinski definition) is 3. The average molecular weight is 236 g/mol. The Morgan fingerprint density at radius 3 is 2.88 bits per heavy atom. The molecule has 0 radical (unpaired) electrons. The molecule has 0 aliphatic carbocycles. The van der Waals surface area contributed by atoms with E-state index in [1.165, 1.54) is 17.8 Å². The van der Waals surface area contributed by atoms with Crippen molar-refractivity contribution in [3.63, 3.8) is 0 Å². The molecule has 1 heterocycles. The van der Waals surface area contributed by atoms with Crippen molar-refractivity contribution >= 4 is 18.0 Å². The Morgan fingerprint density at radius 1 is 1.38 bits per heavy atom. The molecule has 0 unspecified atom stereocenters. The van der Waals surface area contributed by atoms with Crippen LogP contribution in [0.2, 0.25) is 0 Å². The summed E-state index contributed by atoms with van der Waals surface area (Å²) in [6.45, 7) is 0. The second kappa shape index (κ2) is 4.99. The number of rotatable bonds is 4. The molecule has 0 fully saturated rings. The van der Waals surface area contributed by atoms with Crippen LogP contribution in [-0.2, 0) is 5.75 Å². The van der Waals surface area contributed by atoms with E-state index in [4.69, 9.17) is 4.42 Å². The Bertz CT molecular complexity index is 480. The zero-order valence-electron chi connectivity index (χ0n) is 8.35. The van der Waals surface area contributed by atoms with Crippen molar-refractivity contribution in [1.29, 1.82) is 0 Å². The van der Waals surface area contributed by atoms with Crippen molar-refractivity contribution in [2.45, 2.75) is 10.6 Å². The number of carbonyl (C=O) groups excluding carboxylic acids is 1. The van der Waals surface area contributed by atoms with Crippen molar-refractivity contribution in [2.75, 3.05) is 0 Å². The van der Waals surface area contributed by atoms with Crippen LogP contribution in [0.5, 0.6) is 0 Å². The van der Waals surface area contributed by atoms with Gasteiger partial charge in [0, 0.05) is 10.5 Å². The molecule has 0 aliphatic heterocycles. The predicted molar refractivity (Wildman–Crippen MR) is 60.1 cm³/mol. The third-order valence-corrected chi connectivity index (χ3v) is 3.11. The Labute approximate surface area is 96.5 Å². The van der Waals surface area contributed by atoms with Crippen LogP contribution in [0.4, 0.5) is 4.39 Å². The number of carbonyl (C=O) groups is 1. The molecule has 2 nitrogen and oxygen atoms in total. The lowest BCUT2D eigenvalue weighted by Crippen LogP contribution is -1.86. The highest BCUT2D eigenvalue weighted by Crippen LogP contribution is 2.25. The van der Waals surface area contributed by atoms with E-state index in [0.717, 1.165) is 5.76 Å². The summed E-state index contributed by atoms with van der Waals surface area (Å²) in [5, 5.41) is 0. The fourth-order valence-electron chi connectivity index (χ4n) is 1.25. The monoisotopic (exact) mass is 236 g/mol. The van der Waals surface area contributed by atoms with Gasteiger partial charge in [0.05, 0.1) is 12.0 Å². The maximum Gasteiger partial charge on any atom is 0.150 e. The van der Waals surface area contributed by atoms with Gasteiger partial charge in [-0.1, -0.05) is 6.07 Å². The molecule has 0 N–H and O–H groups in total. The minimum absolute atomic E-state index is 0.347. The van der Waals surface area contributed by atoms with Crippen molar-refractivity contribution in [2.24, 2.45) is 0 Å². The summed E-state index contributed by atoms with van der Waals surface area (Å²) in [5.41, 5.74) is 0.347. The number of thioether (sulfide) groups is 1. The maximum absolute atomic E-state index is 13.5. The van der Waals surface area contributed by atoms with Gasteiger partial charge in [-0.25, -0.2) is 4.39 Å². The first-order chi connectivity index (χ1) is 7.79. The largest absolute Gasteiger partial charge is 0.468 e. The van der Waals surface area contributed by atoms with Crippen LogP contribution < -0.4 is 0 Å². The molecule has 0 amide bonds. The average Bonchev–Trinajstić information content (AvgIpc) is 2.80. The molecule has 4 heteroatoms. The van der Waals surface area contributed by atoms with Crippen LogP contribution in [0.25, 0.3) is 0 Å². The van der Waals surface area contributed by atoms with Crippen LogP contribution >= 0.6 is 11.8 Å². The lowest BCUT2D eigenvalue weighted by Gasteiger charge is -2.01. The van der Waals surface area contributed by atoms with E-state index < -0.39 is 0 Å². The topological polar surface area (TPSA) is 30.2 Å². The highest BCUT2D eigenvalue weighted by Gasteiger charge is 2.05. The van der Waals surface area contributed by atoms with E-state index in [2.05, 4.69) is 0 Å². The highest BCUT2D eigenvalue weighted by molar-refractivity contribution is 7.98. The standard InChI is InChI=1S/C12H9FO2S/c13-11-6-9(7-14)3-4-12(11)16-8-10-2-1-5-15-10/h1-7H,8H2. The maximum atomic E-state index is 13.5. The molecule has 0 saturated carbocycles. The van der Waals surface area contributed by atoms with Crippen molar-refractivity contribution in [3.05, 3.63) is 53.7 Å². The number of aldehydes is 1. The van der Waals surface area contributed by atoms with Gasteiger partial charge in [-0.3, -0.25) is 4.79 Å². The minimum Gasteiger partial charge on any atom is -0.468 e. The van der Waals surface area contributed by atoms with Crippen molar-refractivity contribution in [1.82, 2.24) is 0 Å². The molecule has 0 saturated heterocycles. The molecule has 0 spiro atoms. The van der Waals surface area contributed by atoms with Crippen LogP contribution in [0.1, 0.15) is 16.1 Å². The zero-order valence-corrected chi connectivity index (χ0v) is 9.17. The Balaban J connectivity index is 2.07. The molecule has 0 aliphatic rings. The van der Waals surface area contributed by atoms with Crippen LogP contribution in [0.3, 0.4) is 0 Å². The number of furan rings is 1. The van der Waals surface area contributed by atoms with Crippen LogP contribution in [0.15, 0.2) is 45.9 Å². The lowest BCUT2D eigenvalue weighted by atomic mass is 10.2. The molecular formula is C12H9FO2S. The van der Waals surface area contributed by atoms with E-state index in [1.54, 1.807) is 24.5 Å². The summed E-state index contributed by atoms with van der Waals surface area (Å²) in [6, 6.07) is 8.07. The van der Waals surface area contributed by atoms with Gasteiger partial charge in [0.2, 0.25) is 0 Å². The number of halogens is 1. The summed E-state index contributed by atoms with van der Waals surface area (Å²) >= 11 is 1.34. The molecule has 2 rings (SSSR count). The predicted octanol–water partition coefficient (Wildman–Crippen LogP) is 3.52. The van der Waals surface area contributed by atoms with Crippen LogP contribution in [0, 0.1) is 5.82 Å². The SMILES string of the molecule is O=Cc1ccc(SCc2ccco2)c(F)c1. The second-order valence-corrected chi connectivity index (χ2v) is 4.19. The van der Waals surface area contributed by atoms with Gasteiger partial charge in [0.25, 0.3) is 0 Å². The molecule has 16 heavy (non-hydrogen) atoms. The van der Waals surface area contributed by atoms with Gasteiger partial charge in [-0.2, -0.15) is 0 Å². The Kier molecular flexibility index (Phi) is 3.41. The van der Waals surface area contributed by atoms with Gasteiger partial charge < -0.3 is 4.42 Å². The first-order valence-electron chi connectivity index (χ1n) is 4.69. The molecule has 0 bridgehead atoms. The van der Waals surface area contributed by atoms with Gasteiger partial charge in [-0.05, 0) is 24.3 Å². The van der Waals surface area contributed by atoms with Gasteiger partial charge in [0.1, 0.15) is 17.9 Å². The molecule has 2 aromatic rings. The van der Waals surface area contributed by atoms with Gasteiger partial charge in [-0.15, -0.1) is 11.8 Å². The number of benzene rings is 1. The van der Waals surface area contributed by atoms with Crippen molar-refractivity contribution in [3.8, 4) is 0 Å². The Morgan fingerprint density at radius 2 is 2.25 bits per heavy atom.